The van der Waals surface area contributed by atoms with Crippen molar-refractivity contribution in [3.05, 3.63) is 52.3 Å². The summed E-state index contributed by atoms with van der Waals surface area (Å²) < 4.78 is 5.16. The number of methoxy groups -OCH3 is 1. The number of aromatic amines is 1. The van der Waals surface area contributed by atoms with Crippen molar-refractivity contribution in [2.45, 2.75) is 59.0 Å². The van der Waals surface area contributed by atoms with Crippen LogP contribution in [-0.4, -0.2) is 52.1 Å². The third-order valence-electron chi connectivity index (χ3n) is 6.17. The predicted octanol–water partition coefficient (Wildman–Crippen LogP) is 3.36. The highest BCUT2D eigenvalue weighted by atomic mass is 16.5. The molecule has 2 aromatic rings. The summed E-state index contributed by atoms with van der Waals surface area (Å²) in [4.78, 5) is 54.9. The first kappa shape index (κ1) is 23.2. The molecule has 3 amide bonds. The Labute approximate surface area is 187 Å². The molecule has 0 spiro atoms. The Balaban J connectivity index is 1.77. The Morgan fingerprint density at radius 1 is 1.16 bits per heavy atom. The molecule has 8 heteroatoms. The van der Waals surface area contributed by atoms with Gasteiger partial charge in [0, 0.05) is 11.3 Å². The number of benzene rings is 1. The number of amides is 3. The van der Waals surface area contributed by atoms with Crippen LogP contribution in [0.1, 0.15) is 64.9 Å². The number of ketones is 2. The number of hydrogen-bond donors (Lipinski definition) is 2. The number of carbonyl (C=O) groups excluding carboxylic acids is 4. The number of aromatic nitrogens is 1. The summed E-state index contributed by atoms with van der Waals surface area (Å²) in [5.74, 6) is -0.263. The fraction of sp³-hybridized carbons (Fsp3) is 0.417. The number of aryl methyl sites for hydroxylation is 2. The van der Waals surface area contributed by atoms with E-state index in [1.807, 2.05) is 24.3 Å². The zero-order valence-electron chi connectivity index (χ0n) is 19.3. The number of nitrogens with one attached hydrogen (secondary N) is 2. The summed E-state index contributed by atoms with van der Waals surface area (Å²) in [7, 11) is 1.59. The van der Waals surface area contributed by atoms with Crippen molar-refractivity contribution >= 4 is 23.5 Å². The van der Waals surface area contributed by atoms with Crippen molar-refractivity contribution in [2.24, 2.45) is 0 Å². The average molecular weight is 440 g/mol. The van der Waals surface area contributed by atoms with E-state index in [-0.39, 0.29) is 11.5 Å². The number of imide groups is 1. The molecule has 8 nitrogen and oxygen atoms in total. The van der Waals surface area contributed by atoms with Crippen LogP contribution in [0.2, 0.25) is 0 Å². The van der Waals surface area contributed by atoms with Gasteiger partial charge in [-0.15, -0.1) is 0 Å². The van der Waals surface area contributed by atoms with E-state index in [1.165, 1.54) is 13.8 Å². The number of urea groups is 1. The largest absolute Gasteiger partial charge is 0.497 e. The maximum atomic E-state index is 13.2. The van der Waals surface area contributed by atoms with Crippen LogP contribution in [0.4, 0.5) is 4.79 Å². The van der Waals surface area contributed by atoms with Gasteiger partial charge in [0.25, 0.3) is 5.91 Å². The molecular formula is C24H29N3O5. The molecule has 32 heavy (non-hydrogen) atoms. The Morgan fingerprint density at radius 3 is 2.31 bits per heavy atom. The molecule has 0 radical (unpaired) electrons. The van der Waals surface area contributed by atoms with E-state index in [9.17, 15) is 19.2 Å². The Hall–Kier alpha value is -3.42. The smallest absolute Gasteiger partial charge is 0.325 e. The second kappa shape index (κ2) is 8.61. The van der Waals surface area contributed by atoms with Crippen LogP contribution in [0.15, 0.2) is 24.3 Å². The molecule has 0 aliphatic carbocycles. The number of ether oxygens (including phenoxy) is 1. The number of carbonyl (C=O) groups is 4. The van der Waals surface area contributed by atoms with Crippen molar-refractivity contribution in [3.63, 3.8) is 0 Å². The SMILES string of the molecule is COc1ccc(CC[C@]2(C)NC(=O)N([C@H](C)C(=O)c3[nH]c(C)c(C(C)=O)c3C)C2=O)cc1. The number of Topliss-reactive ketones (excluding diaryl/α,β-unsaturated/α-hetero) is 2. The lowest BCUT2D eigenvalue weighted by Crippen LogP contribution is -2.47. The van der Waals surface area contributed by atoms with Gasteiger partial charge in [0.15, 0.2) is 5.78 Å². The Kier molecular flexibility index (Phi) is 6.25. The van der Waals surface area contributed by atoms with Gasteiger partial charge in [-0.3, -0.25) is 19.3 Å². The number of hydrogen-bond acceptors (Lipinski definition) is 5. The Bertz CT molecular complexity index is 1090. The van der Waals surface area contributed by atoms with Gasteiger partial charge in [0.05, 0.1) is 12.8 Å². The van der Waals surface area contributed by atoms with Gasteiger partial charge in [-0.05, 0) is 70.7 Å². The van der Waals surface area contributed by atoms with Gasteiger partial charge >= 0.3 is 6.03 Å². The van der Waals surface area contributed by atoms with Gasteiger partial charge in [0.2, 0.25) is 5.78 Å². The molecule has 1 aromatic carbocycles. The maximum absolute atomic E-state index is 13.2. The van der Waals surface area contributed by atoms with Crippen LogP contribution in [0.25, 0.3) is 0 Å². The lowest BCUT2D eigenvalue weighted by atomic mass is 9.92. The summed E-state index contributed by atoms with van der Waals surface area (Å²) in [6.45, 7) is 8.04. The standard InChI is InChI=1S/C24H29N3O5/c1-13-19(16(4)28)14(2)25-20(13)21(29)15(3)27-22(30)24(5,26-23(27)31)12-11-17-7-9-18(32-6)10-8-17/h7-10,15,25H,11-12H2,1-6H3,(H,26,31)/t15-,24+/m1/s1. The third kappa shape index (κ3) is 4.04. The first-order valence-corrected chi connectivity index (χ1v) is 10.5. The van der Waals surface area contributed by atoms with E-state index in [2.05, 4.69) is 10.3 Å². The predicted molar refractivity (Wildman–Crippen MR) is 119 cm³/mol. The topological polar surface area (TPSA) is 109 Å². The minimum absolute atomic E-state index is 0.149. The quantitative estimate of drug-likeness (QED) is 0.484. The molecule has 1 aliphatic rings. The first-order valence-electron chi connectivity index (χ1n) is 10.5. The van der Waals surface area contributed by atoms with Crippen molar-refractivity contribution in [1.82, 2.24) is 15.2 Å². The first-order chi connectivity index (χ1) is 15.0. The van der Waals surface area contributed by atoms with Gasteiger partial charge in [-0.2, -0.15) is 0 Å². The zero-order chi connectivity index (χ0) is 23.8. The molecule has 3 rings (SSSR count). The second-order valence-corrected chi connectivity index (χ2v) is 8.51. The fourth-order valence-electron chi connectivity index (χ4n) is 4.27. The fourth-order valence-corrected chi connectivity index (χ4v) is 4.27. The highest BCUT2D eigenvalue weighted by Crippen LogP contribution is 2.28. The second-order valence-electron chi connectivity index (χ2n) is 8.51. The van der Waals surface area contributed by atoms with Crippen molar-refractivity contribution in [3.8, 4) is 5.75 Å². The summed E-state index contributed by atoms with van der Waals surface area (Å²) in [6, 6.07) is 5.90. The van der Waals surface area contributed by atoms with Gasteiger partial charge in [-0.1, -0.05) is 12.1 Å². The molecule has 170 valence electrons. The molecule has 2 heterocycles. The summed E-state index contributed by atoms with van der Waals surface area (Å²) in [5, 5.41) is 2.76. The highest BCUT2D eigenvalue weighted by molar-refractivity contribution is 6.13. The van der Waals surface area contributed by atoms with E-state index >= 15 is 0 Å². The maximum Gasteiger partial charge on any atom is 0.325 e. The van der Waals surface area contributed by atoms with E-state index < -0.39 is 29.3 Å². The van der Waals surface area contributed by atoms with Crippen LogP contribution in [0, 0.1) is 13.8 Å². The molecule has 2 atom stereocenters. The zero-order valence-corrected chi connectivity index (χ0v) is 19.3. The average Bonchev–Trinajstić information content (AvgIpc) is 3.17. The normalized spacial score (nSPS) is 19.1. The lowest BCUT2D eigenvalue weighted by Gasteiger charge is -2.24. The van der Waals surface area contributed by atoms with Crippen molar-refractivity contribution in [2.75, 3.05) is 7.11 Å². The van der Waals surface area contributed by atoms with Gasteiger partial charge < -0.3 is 15.0 Å². The lowest BCUT2D eigenvalue weighted by molar-refractivity contribution is -0.131. The van der Waals surface area contributed by atoms with E-state index in [0.717, 1.165) is 16.2 Å². The molecule has 0 saturated carbocycles. The molecule has 2 N–H and O–H groups in total. The Morgan fingerprint density at radius 2 is 1.78 bits per heavy atom. The third-order valence-corrected chi connectivity index (χ3v) is 6.17. The molecule has 1 aliphatic heterocycles. The molecule has 1 saturated heterocycles. The molecule has 0 unspecified atom stereocenters. The number of H-pyrrole nitrogens is 1. The van der Waals surface area contributed by atoms with Gasteiger partial charge in [0.1, 0.15) is 17.3 Å². The van der Waals surface area contributed by atoms with Crippen LogP contribution < -0.4 is 10.1 Å². The summed E-state index contributed by atoms with van der Waals surface area (Å²) >= 11 is 0. The van der Waals surface area contributed by atoms with E-state index in [1.54, 1.807) is 27.9 Å². The van der Waals surface area contributed by atoms with Crippen molar-refractivity contribution < 1.29 is 23.9 Å². The van der Waals surface area contributed by atoms with Crippen LogP contribution in [-0.2, 0) is 11.2 Å². The number of rotatable bonds is 8. The van der Waals surface area contributed by atoms with E-state index in [4.69, 9.17) is 4.74 Å². The van der Waals surface area contributed by atoms with Gasteiger partial charge in [-0.25, -0.2) is 4.79 Å². The molecule has 1 aromatic heterocycles. The van der Waals surface area contributed by atoms with Crippen LogP contribution in [0.5, 0.6) is 5.75 Å². The molecule has 1 fully saturated rings. The van der Waals surface area contributed by atoms with Crippen LogP contribution >= 0.6 is 0 Å². The summed E-state index contributed by atoms with van der Waals surface area (Å²) in [5.41, 5.74) is 1.71. The van der Waals surface area contributed by atoms with E-state index in [0.29, 0.717) is 29.7 Å². The van der Waals surface area contributed by atoms with Crippen molar-refractivity contribution in [1.29, 1.82) is 0 Å². The molecule has 0 bridgehead atoms. The molecular weight excluding hydrogens is 410 g/mol. The monoisotopic (exact) mass is 439 g/mol. The minimum atomic E-state index is -1.11. The number of nitrogens with zero attached hydrogens (tertiary/aromatic N) is 1. The highest BCUT2D eigenvalue weighted by Gasteiger charge is 2.50. The minimum Gasteiger partial charge on any atom is -0.497 e. The summed E-state index contributed by atoms with van der Waals surface area (Å²) in [6.07, 6.45) is 0.954. The van der Waals surface area contributed by atoms with Crippen LogP contribution in [0.3, 0.4) is 0 Å².